The van der Waals surface area contributed by atoms with Gasteiger partial charge in [0, 0.05) is 33.9 Å². The summed E-state index contributed by atoms with van der Waals surface area (Å²) < 4.78 is 1.88. The first kappa shape index (κ1) is 28.4. The average molecular weight is 593 g/mol. The lowest BCUT2D eigenvalue weighted by molar-refractivity contribution is -0.671. The molecule has 16 heteroatoms. The van der Waals surface area contributed by atoms with Crippen LogP contribution in [-0.2, 0) is 31.1 Å². The molecule has 4 N–H and O–H groups in total. The van der Waals surface area contributed by atoms with Crippen LogP contribution in [0.1, 0.15) is 19.5 Å². The summed E-state index contributed by atoms with van der Waals surface area (Å²) in [6, 6.07) is 2.74. The average Bonchev–Trinajstić information content (AvgIpc) is 3.31. The standard InChI is InChI=1S/C23H24N6O7S3/c1-23(2,21(34)35)36-27-14(13-10-39-22(24)25-13)17(30)26-15-18(31)29-16(20(32)33)11(9-38-19(15)29)8-37-12-4-6-28(3)7-5-12/h4-7,10,15,19H,8-9H2,1-3H3,(H4-,24,25,26,30,32,33,34,35)/b27-14-/t15-,19-/m1/s1. The smallest absolute Gasteiger partial charge is 0.350 e. The molecular weight excluding hydrogens is 568 g/mol. The van der Waals surface area contributed by atoms with Crippen molar-refractivity contribution in [3.63, 3.8) is 0 Å². The molecule has 2 aliphatic heterocycles. The molecule has 2 atom stereocenters. The molecule has 4 heterocycles. The van der Waals surface area contributed by atoms with Crippen LogP contribution < -0.4 is 20.7 Å². The van der Waals surface area contributed by atoms with Crippen molar-refractivity contribution in [3.8, 4) is 0 Å². The maximum atomic E-state index is 13.2. The molecule has 0 spiro atoms. The van der Waals surface area contributed by atoms with Crippen LogP contribution in [0, 0.1) is 0 Å². The molecule has 0 unspecified atom stereocenters. The van der Waals surface area contributed by atoms with E-state index in [0.29, 0.717) is 17.1 Å². The van der Waals surface area contributed by atoms with Gasteiger partial charge < -0.3 is 30.9 Å². The number of oxime groups is 1. The van der Waals surface area contributed by atoms with Gasteiger partial charge in [-0.2, -0.15) is 0 Å². The second-order valence-electron chi connectivity index (χ2n) is 9.01. The summed E-state index contributed by atoms with van der Waals surface area (Å²) in [5.74, 6) is -3.62. The number of aromatic nitrogens is 2. The number of nitrogens with two attached hydrogens (primary N) is 1. The number of thioether (sulfide) groups is 2. The maximum Gasteiger partial charge on any atom is 0.350 e. The zero-order chi connectivity index (χ0) is 28.5. The van der Waals surface area contributed by atoms with Crippen molar-refractivity contribution in [2.24, 2.45) is 12.2 Å². The predicted octanol–water partition coefficient (Wildman–Crippen LogP) is -0.670. The van der Waals surface area contributed by atoms with Crippen molar-refractivity contribution in [2.75, 3.05) is 17.2 Å². The summed E-state index contributed by atoms with van der Waals surface area (Å²) in [5.41, 5.74) is 3.91. The Morgan fingerprint density at radius 1 is 1.38 bits per heavy atom. The summed E-state index contributed by atoms with van der Waals surface area (Å²) in [5, 5.41) is 28.5. The number of carbonyl (C=O) groups is 4. The molecule has 0 bridgehead atoms. The van der Waals surface area contributed by atoms with E-state index in [0.717, 1.165) is 21.1 Å². The van der Waals surface area contributed by atoms with E-state index < -0.39 is 40.8 Å². The molecule has 1 saturated heterocycles. The number of hydrogen-bond donors (Lipinski definition) is 3. The Hall–Kier alpha value is -3.63. The van der Waals surface area contributed by atoms with Crippen molar-refractivity contribution in [3.05, 3.63) is 46.9 Å². The monoisotopic (exact) mass is 592 g/mol. The Kier molecular flexibility index (Phi) is 8.17. The molecule has 0 aromatic carbocycles. The number of fused-ring (bicyclic) bond motifs is 1. The molecular formula is C23H24N6O7S3. The van der Waals surface area contributed by atoms with Crippen molar-refractivity contribution < 1.29 is 38.8 Å². The van der Waals surface area contributed by atoms with Crippen LogP contribution in [0.4, 0.5) is 5.13 Å². The van der Waals surface area contributed by atoms with Gasteiger partial charge in [0.1, 0.15) is 24.2 Å². The minimum absolute atomic E-state index is 0.0280. The number of aliphatic carboxylic acids is 2. The second-order valence-corrected chi connectivity index (χ2v) is 12.0. The van der Waals surface area contributed by atoms with Crippen LogP contribution in [0.25, 0.3) is 0 Å². The molecule has 2 amide bonds. The van der Waals surface area contributed by atoms with Gasteiger partial charge in [-0.25, -0.2) is 14.3 Å². The van der Waals surface area contributed by atoms with Gasteiger partial charge in [-0.3, -0.25) is 14.5 Å². The van der Waals surface area contributed by atoms with E-state index in [2.05, 4.69) is 15.5 Å². The van der Waals surface area contributed by atoms with Crippen LogP contribution in [0.3, 0.4) is 0 Å². The van der Waals surface area contributed by atoms with E-state index >= 15 is 0 Å². The summed E-state index contributed by atoms with van der Waals surface area (Å²) in [6.45, 7) is 2.49. The number of pyridine rings is 1. The summed E-state index contributed by atoms with van der Waals surface area (Å²) in [4.78, 5) is 60.8. The van der Waals surface area contributed by atoms with Crippen LogP contribution in [0.15, 0.2) is 51.2 Å². The fourth-order valence-electron chi connectivity index (χ4n) is 3.55. The lowest BCUT2D eigenvalue weighted by Crippen LogP contribution is -2.71. The molecule has 1 fully saturated rings. The number of amides is 2. The number of carboxylic acid groups (broad SMARTS) is 2. The Labute approximate surface area is 235 Å². The van der Waals surface area contributed by atoms with E-state index in [4.69, 9.17) is 10.6 Å². The van der Waals surface area contributed by atoms with Gasteiger partial charge in [0.15, 0.2) is 23.2 Å². The number of carbonyl (C=O) groups excluding carboxylic acids is 3. The highest BCUT2D eigenvalue weighted by Crippen LogP contribution is 2.41. The maximum absolute atomic E-state index is 13.2. The molecule has 0 radical (unpaired) electrons. The zero-order valence-electron chi connectivity index (χ0n) is 20.9. The first-order chi connectivity index (χ1) is 18.4. The third kappa shape index (κ3) is 6.02. The largest absolute Gasteiger partial charge is 0.543 e. The number of nitrogens with zero attached hydrogens (tertiary/aromatic N) is 4. The van der Waals surface area contributed by atoms with E-state index in [1.807, 2.05) is 36.1 Å². The van der Waals surface area contributed by atoms with E-state index in [1.54, 1.807) is 0 Å². The normalized spacial score (nSPS) is 19.3. The van der Waals surface area contributed by atoms with Crippen LogP contribution in [0.2, 0.25) is 0 Å². The number of β-lactam (4-membered cyclic amide) rings is 1. The fourth-order valence-corrected chi connectivity index (χ4v) is 6.46. The van der Waals surface area contributed by atoms with Gasteiger partial charge in [-0.1, -0.05) is 5.16 Å². The third-order valence-electron chi connectivity index (χ3n) is 5.75. The molecule has 2 aromatic heterocycles. The van der Waals surface area contributed by atoms with Gasteiger partial charge in [-0.05, 0) is 19.4 Å². The topological polar surface area (TPSA) is 191 Å². The number of anilines is 1. The molecule has 0 aliphatic carbocycles. The summed E-state index contributed by atoms with van der Waals surface area (Å²) in [7, 11) is 1.89. The quantitative estimate of drug-likeness (QED) is 0.104. The van der Waals surface area contributed by atoms with Gasteiger partial charge in [0.2, 0.25) is 5.60 Å². The number of nitrogens with one attached hydrogen (secondary N) is 1. The molecule has 0 saturated carbocycles. The Morgan fingerprint density at radius 3 is 2.67 bits per heavy atom. The molecule has 39 heavy (non-hydrogen) atoms. The first-order valence-electron chi connectivity index (χ1n) is 11.4. The molecule has 206 valence electrons. The molecule has 13 nitrogen and oxygen atoms in total. The second kappa shape index (κ2) is 11.2. The predicted molar refractivity (Wildman–Crippen MR) is 141 cm³/mol. The number of thiazole rings is 1. The third-order valence-corrected chi connectivity index (χ3v) is 8.86. The number of carboxylic acids is 2. The van der Waals surface area contributed by atoms with Gasteiger partial charge >= 0.3 is 5.97 Å². The van der Waals surface area contributed by atoms with Crippen molar-refractivity contribution in [1.82, 2.24) is 15.2 Å². The number of aryl methyl sites for hydroxylation is 1. The Balaban J connectivity index is 1.51. The highest BCUT2D eigenvalue weighted by molar-refractivity contribution is 8.01. The minimum Gasteiger partial charge on any atom is -0.543 e. The highest BCUT2D eigenvalue weighted by atomic mass is 32.2. The number of hydrogen-bond acceptors (Lipinski definition) is 12. The molecule has 4 rings (SSSR count). The first-order valence-corrected chi connectivity index (χ1v) is 14.3. The number of rotatable bonds is 10. The van der Waals surface area contributed by atoms with Crippen molar-refractivity contribution in [2.45, 2.75) is 35.8 Å². The SMILES string of the molecule is C[n+]1ccc(SCC2=C(C(=O)[O-])N3C(=O)[C@@H](NC(=O)/C(=N\OC(C)(C)C(=O)O)c4csc(N)n4)[C@H]3SC2)cc1. The Bertz CT molecular complexity index is 1390. The van der Waals surface area contributed by atoms with Crippen LogP contribution in [-0.4, -0.2) is 73.0 Å². The van der Waals surface area contributed by atoms with Crippen LogP contribution in [0.5, 0.6) is 0 Å². The van der Waals surface area contributed by atoms with Crippen molar-refractivity contribution >= 4 is 69.5 Å². The van der Waals surface area contributed by atoms with Crippen LogP contribution >= 0.6 is 34.9 Å². The zero-order valence-corrected chi connectivity index (χ0v) is 23.4. The lowest BCUT2D eigenvalue weighted by atomic mass is 10.0. The van der Waals surface area contributed by atoms with Gasteiger partial charge in [0.25, 0.3) is 11.8 Å². The summed E-state index contributed by atoms with van der Waals surface area (Å²) in [6.07, 6.45) is 3.75. The summed E-state index contributed by atoms with van der Waals surface area (Å²) >= 11 is 3.77. The van der Waals surface area contributed by atoms with Crippen molar-refractivity contribution in [1.29, 1.82) is 0 Å². The Morgan fingerprint density at radius 2 is 2.08 bits per heavy atom. The lowest BCUT2D eigenvalue weighted by Gasteiger charge is -2.50. The van der Waals surface area contributed by atoms with Gasteiger partial charge in [0.05, 0.1) is 11.7 Å². The van der Waals surface area contributed by atoms with E-state index in [9.17, 15) is 29.4 Å². The fraction of sp³-hybridized carbons (Fsp3) is 0.348. The van der Waals surface area contributed by atoms with E-state index in [1.165, 1.54) is 42.8 Å². The molecule has 2 aromatic rings. The van der Waals surface area contributed by atoms with E-state index in [-0.39, 0.29) is 22.2 Å². The highest BCUT2D eigenvalue weighted by Gasteiger charge is 2.53. The number of nitrogen functional groups attached to an aromatic ring is 1. The minimum atomic E-state index is -1.75. The molecule has 2 aliphatic rings. The van der Waals surface area contributed by atoms with Gasteiger partial charge in [-0.15, -0.1) is 34.9 Å².